The number of aromatic nitrogens is 8. The summed E-state index contributed by atoms with van der Waals surface area (Å²) in [7, 11) is -23.1. The number of phosphoric ester groups is 2. The van der Waals surface area contributed by atoms with Crippen LogP contribution in [-0.4, -0.2) is 128 Å². The number of nitrogens with one attached hydrogen (secondary N) is 2. The van der Waals surface area contributed by atoms with Crippen molar-refractivity contribution >= 4 is 65.3 Å². The van der Waals surface area contributed by atoms with E-state index in [9.17, 15) is 67.6 Å². The highest BCUT2D eigenvalue weighted by Crippen LogP contribution is 2.68. The molecule has 2 fully saturated rings. The van der Waals surface area contributed by atoms with Gasteiger partial charge < -0.3 is 60.7 Å². The molecule has 30 nitrogen and oxygen atoms in total. The second-order valence-electron chi connectivity index (χ2n) is 11.4. The second-order valence-corrected chi connectivity index (χ2v) is 17.8. The predicted molar refractivity (Wildman–Crippen MR) is 170 cm³/mol. The van der Waals surface area contributed by atoms with E-state index < -0.39 is 110 Å². The van der Waals surface area contributed by atoms with Crippen molar-refractivity contribution in [2.24, 2.45) is 0 Å². The number of nitrogen functional groups attached to an aromatic ring is 2. The zero-order chi connectivity index (χ0) is 39.7. The Morgan fingerprint density at radius 2 is 1.11 bits per heavy atom. The molecule has 11 atom stereocenters. The number of aliphatic hydroxyl groups excluding tert-OH is 3. The zero-order valence-corrected chi connectivity index (χ0v) is 29.9. The van der Waals surface area contributed by atoms with Crippen molar-refractivity contribution in [2.75, 3.05) is 24.7 Å². The number of rotatable bonds is 13. The van der Waals surface area contributed by atoms with Crippen LogP contribution in [0.3, 0.4) is 0 Å². The standard InChI is InChI=1S/C20H28N10O20P4/c21-19-25-13-7(15(34)27-19)23-3-29(13)17-10(32)9(31)5(47-17)1-45-52(39,40)49-54(43,44)50-53(41,42)46-2-6-12(51(36,37)38)11(33)18(48-6)30-4-24-8-14(30)26-20(22)28-16(8)35/h3-6,9-12,17-18,31-33H,1-2H2,(H,39,40)(H,41,42)(H,43,44)(H2,36,37,38)(H3,21,25,27,34)(H3,22,26,28,35)/t5-,6?,9?,10?,11?,12?,17-,18?/m1/s1. The Labute approximate surface area is 296 Å². The molecule has 298 valence electrons. The van der Waals surface area contributed by atoms with Gasteiger partial charge in [0.25, 0.3) is 11.1 Å². The van der Waals surface area contributed by atoms with Crippen LogP contribution in [0.25, 0.3) is 22.3 Å². The molecule has 4 aromatic heterocycles. The quantitative estimate of drug-likeness (QED) is 0.0574. The molecule has 34 heteroatoms. The van der Waals surface area contributed by atoms with E-state index in [1.807, 2.05) is 0 Å². The SMILES string of the molecule is Nc1nc2c(ncn2C2OC(COP(=O)(O)OP(=O)(O)OP(=O)(O)OC[C@H]3O[C@@H](n4cnc5c(=O)[nH]c(N)nc54)C(O)C3O)C(P(=O)(O)O)C2O)c(=O)[nH]1. The van der Waals surface area contributed by atoms with Gasteiger partial charge in [0, 0.05) is 0 Å². The summed E-state index contributed by atoms with van der Waals surface area (Å²) in [6.45, 7) is -2.50. The summed E-state index contributed by atoms with van der Waals surface area (Å²) in [6.07, 6.45) is -10.8. The van der Waals surface area contributed by atoms with Crippen LogP contribution in [0.1, 0.15) is 12.5 Å². The smallest absolute Gasteiger partial charge is 0.387 e. The van der Waals surface area contributed by atoms with Crippen LogP contribution in [0.4, 0.5) is 11.9 Å². The van der Waals surface area contributed by atoms with Gasteiger partial charge in [0.1, 0.15) is 36.2 Å². The van der Waals surface area contributed by atoms with Crippen molar-refractivity contribution < 1.29 is 85.2 Å². The van der Waals surface area contributed by atoms with E-state index in [-0.39, 0.29) is 28.3 Å². The molecule has 2 aliphatic rings. The van der Waals surface area contributed by atoms with Gasteiger partial charge in [-0.15, -0.1) is 0 Å². The number of hydrogen-bond donors (Lipinski definition) is 12. The number of nitrogens with two attached hydrogens (primary N) is 2. The van der Waals surface area contributed by atoms with E-state index in [2.05, 4.69) is 47.6 Å². The van der Waals surface area contributed by atoms with Gasteiger partial charge in [0.2, 0.25) is 11.9 Å². The lowest BCUT2D eigenvalue weighted by atomic mass is 10.1. The highest BCUT2D eigenvalue weighted by molar-refractivity contribution is 7.66. The molecule has 0 saturated carbocycles. The van der Waals surface area contributed by atoms with Crippen molar-refractivity contribution in [3.63, 3.8) is 0 Å². The number of ether oxygens (including phenoxy) is 2. The molecule has 4 aromatic rings. The molecule has 9 unspecified atom stereocenters. The van der Waals surface area contributed by atoms with Gasteiger partial charge in [-0.25, -0.2) is 23.7 Å². The van der Waals surface area contributed by atoms with E-state index in [4.69, 9.17) is 20.9 Å². The summed E-state index contributed by atoms with van der Waals surface area (Å²) in [4.78, 5) is 93.7. The van der Waals surface area contributed by atoms with Crippen LogP contribution in [0.5, 0.6) is 0 Å². The minimum absolute atomic E-state index is 0.181. The van der Waals surface area contributed by atoms with Crippen molar-refractivity contribution in [1.82, 2.24) is 39.0 Å². The Hall–Kier alpha value is -3.34. The molecule has 0 aliphatic carbocycles. The van der Waals surface area contributed by atoms with Crippen LogP contribution in [-0.2, 0) is 45.4 Å². The second kappa shape index (κ2) is 14.3. The molecule has 54 heavy (non-hydrogen) atoms. The molecule has 0 spiro atoms. The molecule has 6 heterocycles. The molecule has 0 amide bonds. The minimum atomic E-state index is -6.13. The summed E-state index contributed by atoms with van der Waals surface area (Å²) in [5.41, 5.74) is 6.28. The maximum atomic E-state index is 12.6. The fraction of sp³-hybridized carbons (Fsp3) is 0.500. The summed E-state index contributed by atoms with van der Waals surface area (Å²) in [5.74, 6) is -0.734. The number of H-pyrrole nitrogens is 2. The number of hydrogen-bond acceptors (Lipinski definition) is 21. The van der Waals surface area contributed by atoms with Crippen molar-refractivity contribution in [3.8, 4) is 0 Å². The van der Waals surface area contributed by atoms with Crippen LogP contribution >= 0.6 is 31.1 Å². The lowest BCUT2D eigenvalue weighted by molar-refractivity contribution is -0.0505. The van der Waals surface area contributed by atoms with Gasteiger partial charge in [0.05, 0.1) is 25.9 Å². The Bertz CT molecular complexity index is 2400. The van der Waals surface area contributed by atoms with E-state index in [0.717, 1.165) is 21.8 Å². The monoisotopic (exact) mass is 852 g/mol. The highest BCUT2D eigenvalue weighted by atomic mass is 31.3. The summed E-state index contributed by atoms with van der Waals surface area (Å²) < 4.78 is 79.6. The number of aromatic amines is 2. The molecule has 0 aromatic carbocycles. The first-order chi connectivity index (χ1) is 25.0. The van der Waals surface area contributed by atoms with Crippen molar-refractivity contribution in [2.45, 2.75) is 48.6 Å². The van der Waals surface area contributed by atoms with Gasteiger partial charge in [-0.05, 0) is 0 Å². The molecule has 0 bridgehead atoms. The zero-order valence-electron chi connectivity index (χ0n) is 26.3. The van der Waals surface area contributed by atoms with Gasteiger partial charge >= 0.3 is 31.1 Å². The third-order valence-corrected chi connectivity index (χ3v) is 13.4. The largest absolute Gasteiger partial charge is 0.490 e. The average molecular weight is 852 g/mol. The molecular weight excluding hydrogens is 824 g/mol. The van der Waals surface area contributed by atoms with E-state index in [1.165, 1.54) is 0 Å². The topological polar surface area (TPSA) is 465 Å². The Morgan fingerprint density at radius 3 is 1.57 bits per heavy atom. The molecule has 2 aliphatic heterocycles. The first-order valence-electron chi connectivity index (χ1n) is 14.5. The number of aliphatic hydroxyl groups is 3. The van der Waals surface area contributed by atoms with Crippen LogP contribution in [0.2, 0.25) is 0 Å². The summed E-state index contributed by atoms with van der Waals surface area (Å²) >= 11 is 0. The van der Waals surface area contributed by atoms with Crippen LogP contribution in [0, 0.1) is 0 Å². The van der Waals surface area contributed by atoms with E-state index in [1.54, 1.807) is 0 Å². The number of phosphoric acid groups is 3. The number of anilines is 2. The Morgan fingerprint density at radius 1 is 0.685 bits per heavy atom. The minimum Gasteiger partial charge on any atom is -0.387 e. The van der Waals surface area contributed by atoms with Gasteiger partial charge in [0.15, 0.2) is 34.8 Å². The first kappa shape index (κ1) is 40.3. The van der Waals surface area contributed by atoms with Crippen molar-refractivity contribution in [1.29, 1.82) is 0 Å². The predicted octanol–water partition coefficient (Wildman–Crippen LogP) is -3.79. The number of imidazole rings is 2. The normalized spacial score (nSPS) is 29.7. The molecular formula is C20H28N10O20P4. The van der Waals surface area contributed by atoms with Gasteiger partial charge in [-0.1, -0.05) is 0 Å². The average Bonchev–Trinajstić information content (AvgIpc) is 3.78. The van der Waals surface area contributed by atoms with Crippen LogP contribution in [0.15, 0.2) is 22.2 Å². The van der Waals surface area contributed by atoms with Gasteiger partial charge in [-0.3, -0.25) is 42.3 Å². The number of nitrogens with zero attached hydrogens (tertiary/aromatic N) is 6. The lowest BCUT2D eigenvalue weighted by Gasteiger charge is -2.23. The fourth-order valence-electron chi connectivity index (χ4n) is 5.53. The third-order valence-electron chi connectivity index (χ3n) is 7.73. The fourth-order valence-corrected chi connectivity index (χ4v) is 10.2. The molecule has 0 radical (unpaired) electrons. The molecule has 2 saturated heterocycles. The number of fused-ring (bicyclic) bond motifs is 2. The summed E-state index contributed by atoms with van der Waals surface area (Å²) in [5, 5.41) is 31.7. The van der Waals surface area contributed by atoms with E-state index >= 15 is 0 Å². The Kier molecular flexibility index (Phi) is 10.7. The highest BCUT2D eigenvalue weighted by Gasteiger charge is 2.55. The molecule has 6 rings (SSSR count). The van der Waals surface area contributed by atoms with Crippen LogP contribution < -0.4 is 22.6 Å². The van der Waals surface area contributed by atoms with E-state index in [0.29, 0.717) is 0 Å². The maximum Gasteiger partial charge on any atom is 0.490 e. The van der Waals surface area contributed by atoms with Gasteiger partial charge in [-0.2, -0.15) is 18.6 Å². The molecule has 14 N–H and O–H groups in total. The third kappa shape index (κ3) is 8.12. The first-order valence-corrected chi connectivity index (χ1v) is 20.7. The summed E-state index contributed by atoms with van der Waals surface area (Å²) in [6, 6.07) is 0. The lowest BCUT2D eigenvalue weighted by Crippen LogP contribution is -2.34. The van der Waals surface area contributed by atoms with Crippen molar-refractivity contribution in [3.05, 3.63) is 33.4 Å². The maximum absolute atomic E-state index is 12.6. The Balaban J connectivity index is 1.08.